The number of likely N-dealkylation sites (N-methyl/N-ethyl adjacent to an activating group) is 1. The lowest BCUT2D eigenvalue weighted by atomic mass is 9.79. The average Bonchev–Trinajstić information content (AvgIpc) is 2.37. The molecule has 6 nitrogen and oxygen atoms in total. The van der Waals surface area contributed by atoms with Gasteiger partial charge in [0.2, 0.25) is 10.0 Å². The molecule has 1 aromatic rings. The molecule has 1 aromatic carbocycles. The second kappa shape index (κ2) is 6.06. The van der Waals surface area contributed by atoms with Crippen molar-refractivity contribution in [3.63, 3.8) is 0 Å². The summed E-state index contributed by atoms with van der Waals surface area (Å²) < 4.78 is 27.1. The first-order valence-corrected chi connectivity index (χ1v) is 8.33. The zero-order valence-electron chi connectivity index (χ0n) is 12.6. The van der Waals surface area contributed by atoms with Crippen molar-refractivity contribution in [1.82, 2.24) is 9.21 Å². The van der Waals surface area contributed by atoms with Gasteiger partial charge in [0, 0.05) is 26.2 Å². The van der Waals surface area contributed by atoms with Gasteiger partial charge in [0.1, 0.15) is 0 Å². The lowest BCUT2D eigenvalue weighted by Gasteiger charge is -2.32. The van der Waals surface area contributed by atoms with Crippen LogP contribution >= 0.6 is 0 Å². The topological polar surface area (TPSA) is 81.1 Å². The first-order chi connectivity index (χ1) is 9.73. The van der Waals surface area contributed by atoms with Gasteiger partial charge >= 0.3 is 7.12 Å². The standard InChI is InChI=1S/C13H21BN2O4S/c1-10-8-12(14(17)18)9-11(2)13(10)21(19,20)16-6-4-15(3)5-7-16/h8-9,17-18H,4-7H2,1-3H3. The molecular weight excluding hydrogens is 291 g/mol. The van der Waals surface area contributed by atoms with Crippen molar-refractivity contribution in [3.05, 3.63) is 23.3 Å². The molecule has 2 N–H and O–H groups in total. The van der Waals surface area contributed by atoms with Gasteiger partial charge in [-0.25, -0.2) is 8.42 Å². The summed E-state index contributed by atoms with van der Waals surface area (Å²) in [7, 11) is -3.17. The molecule has 0 bridgehead atoms. The van der Waals surface area contributed by atoms with Crippen LogP contribution in [0.4, 0.5) is 0 Å². The Bertz CT molecular complexity index is 602. The van der Waals surface area contributed by atoms with E-state index in [1.165, 1.54) is 16.4 Å². The number of benzene rings is 1. The highest BCUT2D eigenvalue weighted by Crippen LogP contribution is 2.24. The van der Waals surface area contributed by atoms with E-state index in [0.29, 0.717) is 42.8 Å². The SMILES string of the molecule is Cc1cc(B(O)O)cc(C)c1S(=O)(=O)N1CCN(C)CC1. The molecule has 0 unspecified atom stereocenters. The van der Waals surface area contributed by atoms with Crippen LogP contribution in [0, 0.1) is 13.8 Å². The Labute approximate surface area is 126 Å². The molecule has 21 heavy (non-hydrogen) atoms. The van der Waals surface area contributed by atoms with Crippen LogP contribution in [0.25, 0.3) is 0 Å². The van der Waals surface area contributed by atoms with E-state index in [2.05, 4.69) is 4.90 Å². The number of piperazine rings is 1. The Morgan fingerprint density at radius 1 is 1.05 bits per heavy atom. The van der Waals surface area contributed by atoms with E-state index in [0.717, 1.165) is 0 Å². The lowest BCUT2D eigenvalue weighted by molar-refractivity contribution is 0.222. The summed E-state index contributed by atoms with van der Waals surface area (Å²) in [6.07, 6.45) is 0. The van der Waals surface area contributed by atoms with Crippen molar-refractivity contribution in [3.8, 4) is 0 Å². The van der Waals surface area contributed by atoms with Crippen molar-refractivity contribution in [2.24, 2.45) is 0 Å². The summed E-state index contributed by atoms with van der Waals surface area (Å²) in [4.78, 5) is 2.37. The third-order valence-electron chi connectivity index (χ3n) is 3.84. The van der Waals surface area contributed by atoms with Gasteiger partial charge < -0.3 is 14.9 Å². The highest BCUT2D eigenvalue weighted by molar-refractivity contribution is 7.89. The van der Waals surface area contributed by atoms with Gasteiger partial charge in [-0.05, 0) is 37.5 Å². The quantitative estimate of drug-likeness (QED) is 0.694. The molecule has 2 rings (SSSR count). The van der Waals surface area contributed by atoms with Crippen LogP contribution in [0.5, 0.6) is 0 Å². The number of rotatable bonds is 3. The van der Waals surface area contributed by atoms with Gasteiger partial charge in [0.15, 0.2) is 0 Å². The smallest absolute Gasteiger partial charge is 0.423 e. The minimum absolute atomic E-state index is 0.274. The minimum Gasteiger partial charge on any atom is -0.423 e. The Kier molecular flexibility index (Phi) is 4.74. The highest BCUT2D eigenvalue weighted by Gasteiger charge is 2.30. The van der Waals surface area contributed by atoms with E-state index >= 15 is 0 Å². The monoisotopic (exact) mass is 312 g/mol. The maximum absolute atomic E-state index is 12.8. The van der Waals surface area contributed by atoms with Gasteiger partial charge in [0.05, 0.1) is 4.90 Å². The number of nitrogens with zero attached hydrogens (tertiary/aromatic N) is 2. The van der Waals surface area contributed by atoms with Crippen molar-refractivity contribution in [2.75, 3.05) is 33.2 Å². The summed E-state index contributed by atoms with van der Waals surface area (Å²) >= 11 is 0. The van der Waals surface area contributed by atoms with Crippen LogP contribution in [0.1, 0.15) is 11.1 Å². The van der Waals surface area contributed by atoms with Crippen LogP contribution in [0.2, 0.25) is 0 Å². The first-order valence-electron chi connectivity index (χ1n) is 6.89. The van der Waals surface area contributed by atoms with Crippen molar-refractivity contribution < 1.29 is 18.5 Å². The predicted molar refractivity (Wildman–Crippen MR) is 82.0 cm³/mol. The Morgan fingerprint density at radius 3 is 1.95 bits per heavy atom. The van der Waals surface area contributed by atoms with Crippen LogP contribution in [-0.4, -0.2) is 68.0 Å². The van der Waals surface area contributed by atoms with Crippen molar-refractivity contribution in [1.29, 1.82) is 0 Å². The van der Waals surface area contributed by atoms with E-state index in [-0.39, 0.29) is 4.90 Å². The van der Waals surface area contributed by atoms with Gasteiger partial charge in [-0.15, -0.1) is 0 Å². The number of hydrogen-bond acceptors (Lipinski definition) is 5. The number of aryl methyl sites for hydroxylation is 2. The van der Waals surface area contributed by atoms with Gasteiger partial charge in [-0.1, -0.05) is 12.1 Å². The van der Waals surface area contributed by atoms with Gasteiger partial charge in [-0.3, -0.25) is 0 Å². The molecular formula is C13H21BN2O4S. The average molecular weight is 312 g/mol. The third-order valence-corrected chi connectivity index (χ3v) is 6.05. The van der Waals surface area contributed by atoms with Crippen LogP contribution in [0.3, 0.4) is 0 Å². The first kappa shape index (κ1) is 16.4. The normalized spacial score (nSPS) is 18.0. The number of hydrogen-bond donors (Lipinski definition) is 2. The Hall–Kier alpha value is -0.925. The molecule has 0 aliphatic carbocycles. The third kappa shape index (κ3) is 3.30. The molecule has 8 heteroatoms. The molecule has 1 aliphatic heterocycles. The van der Waals surface area contributed by atoms with Crippen molar-refractivity contribution in [2.45, 2.75) is 18.7 Å². The molecule has 0 atom stereocenters. The van der Waals surface area contributed by atoms with Gasteiger partial charge in [0.25, 0.3) is 0 Å². The molecule has 1 fully saturated rings. The van der Waals surface area contributed by atoms with E-state index in [9.17, 15) is 18.5 Å². The number of sulfonamides is 1. The van der Waals surface area contributed by atoms with Crippen LogP contribution in [-0.2, 0) is 10.0 Å². The van der Waals surface area contributed by atoms with E-state index in [1.54, 1.807) is 13.8 Å². The highest BCUT2D eigenvalue weighted by atomic mass is 32.2. The van der Waals surface area contributed by atoms with Crippen molar-refractivity contribution >= 4 is 22.6 Å². The molecule has 1 heterocycles. The molecule has 0 saturated carbocycles. The fourth-order valence-electron chi connectivity index (χ4n) is 2.70. The summed E-state index contributed by atoms with van der Waals surface area (Å²) in [5.41, 5.74) is 1.39. The largest absolute Gasteiger partial charge is 0.488 e. The predicted octanol–water partition coefficient (Wildman–Crippen LogP) is -1.08. The second-order valence-electron chi connectivity index (χ2n) is 5.56. The zero-order chi connectivity index (χ0) is 15.8. The fraction of sp³-hybridized carbons (Fsp3) is 0.538. The summed E-state index contributed by atoms with van der Waals surface area (Å²) in [5, 5.41) is 18.5. The maximum Gasteiger partial charge on any atom is 0.488 e. The summed E-state index contributed by atoms with van der Waals surface area (Å²) in [6.45, 7) is 5.74. The molecule has 116 valence electrons. The molecule has 0 spiro atoms. The zero-order valence-corrected chi connectivity index (χ0v) is 13.4. The Balaban J connectivity index is 2.41. The molecule has 0 amide bonds. The lowest BCUT2D eigenvalue weighted by Crippen LogP contribution is -2.47. The molecule has 0 aromatic heterocycles. The minimum atomic E-state index is -3.55. The van der Waals surface area contributed by atoms with E-state index in [1.807, 2.05) is 7.05 Å². The van der Waals surface area contributed by atoms with E-state index < -0.39 is 17.1 Å². The maximum atomic E-state index is 12.8. The fourth-order valence-corrected chi connectivity index (χ4v) is 4.53. The van der Waals surface area contributed by atoms with E-state index in [4.69, 9.17) is 0 Å². The summed E-state index contributed by atoms with van der Waals surface area (Å²) in [6, 6.07) is 3.03. The molecule has 1 saturated heterocycles. The van der Waals surface area contributed by atoms with Gasteiger partial charge in [-0.2, -0.15) is 4.31 Å². The molecule has 1 aliphatic rings. The van der Waals surface area contributed by atoms with Crippen LogP contribution in [0.15, 0.2) is 17.0 Å². The summed E-state index contributed by atoms with van der Waals surface area (Å²) in [5.74, 6) is 0. The second-order valence-corrected chi connectivity index (χ2v) is 7.44. The molecule has 0 radical (unpaired) electrons. The Morgan fingerprint density at radius 2 is 1.52 bits per heavy atom. The van der Waals surface area contributed by atoms with Crippen LogP contribution < -0.4 is 5.46 Å².